The molecule has 2 aliphatic heterocycles. The molecule has 2 atom stereocenters. The second-order valence-electron chi connectivity index (χ2n) is 9.39. The van der Waals surface area contributed by atoms with E-state index in [0.29, 0.717) is 18.1 Å². The fourth-order valence-corrected chi connectivity index (χ4v) is 4.72. The number of hydrogen-bond acceptors (Lipinski definition) is 4. The van der Waals surface area contributed by atoms with Gasteiger partial charge in [-0.15, -0.1) is 0 Å². The standard InChI is InChI=1S/C23H40N4/c1-18(2)10-8-6-5-7-9-11-20-14-15-24-23(25-20)27-21-12-13-22(27)17-26(16-21)19(3)4/h14-15,18-19,21-22H,5-13,16-17H2,1-4H3. The molecule has 0 spiro atoms. The molecule has 0 aromatic carbocycles. The first-order chi connectivity index (χ1) is 13.0. The molecule has 152 valence electrons. The quantitative estimate of drug-likeness (QED) is 0.536. The monoisotopic (exact) mass is 372 g/mol. The maximum Gasteiger partial charge on any atom is 0.226 e. The molecule has 0 amide bonds. The lowest BCUT2D eigenvalue weighted by molar-refractivity contribution is 0.176. The van der Waals surface area contributed by atoms with Crippen LogP contribution in [0.5, 0.6) is 0 Å². The van der Waals surface area contributed by atoms with Gasteiger partial charge in [0.15, 0.2) is 0 Å². The lowest BCUT2D eigenvalue weighted by atomic mass is 10.0. The summed E-state index contributed by atoms with van der Waals surface area (Å²) in [7, 11) is 0. The van der Waals surface area contributed by atoms with Crippen LogP contribution >= 0.6 is 0 Å². The summed E-state index contributed by atoms with van der Waals surface area (Å²) in [4.78, 5) is 14.8. The maximum absolute atomic E-state index is 4.96. The van der Waals surface area contributed by atoms with Gasteiger partial charge in [-0.25, -0.2) is 9.97 Å². The largest absolute Gasteiger partial charge is 0.332 e. The molecule has 1 aromatic rings. The Morgan fingerprint density at radius 3 is 2.30 bits per heavy atom. The first-order valence-corrected chi connectivity index (χ1v) is 11.4. The molecule has 4 heteroatoms. The fourth-order valence-electron chi connectivity index (χ4n) is 4.72. The van der Waals surface area contributed by atoms with Crippen molar-refractivity contribution in [2.75, 3.05) is 18.0 Å². The van der Waals surface area contributed by atoms with Crippen molar-refractivity contribution in [3.63, 3.8) is 0 Å². The summed E-state index contributed by atoms with van der Waals surface area (Å²) in [5.74, 6) is 1.84. The van der Waals surface area contributed by atoms with Crippen LogP contribution in [0.15, 0.2) is 12.3 Å². The Labute approximate surface area is 166 Å². The molecule has 27 heavy (non-hydrogen) atoms. The first-order valence-electron chi connectivity index (χ1n) is 11.4. The Balaban J connectivity index is 1.47. The van der Waals surface area contributed by atoms with E-state index < -0.39 is 0 Å². The minimum Gasteiger partial charge on any atom is -0.332 e. The zero-order chi connectivity index (χ0) is 19.2. The van der Waals surface area contributed by atoms with Crippen LogP contribution in [0.25, 0.3) is 0 Å². The molecule has 2 saturated heterocycles. The Morgan fingerprint density at radius 1 is 0.963 bits per heavy atom. The van der Waals surface area contributed by atoms with Gasteiger partial charge in [0.2, 0.25) is 5.95 Å². The second-order valence-corrected chi connectivity index (χ2v) is 9.39. The van der Waals surface area contributed by atoms with Crippen molar-refractivity contribution in [2.24, 2.45) is 5.92 Å². The number of fused-ring (bicyclic) bond motifs is 2. The summed E-state index contributed by atoms with van der Waals surface area (Å²) >= 11 is 0. The van der Waals surface area contributed by atoms with Crippen LogP contribution in [0.1, 0.15) is 84.8 Å². The van der Waals surface area contributed by atoms with Gasteiger partial charge in [0.25, 0.3) is 0 Å². The number of aryl methyl sites for hydroxylation is 1. The lowest BCUT2D eigenvalue weighted by Gasteiger charge is -2.42. The third kappa shape index (κ3) is 5.66. The molecule has 0 saturated carbocycles. The third-order valence-electron chi connectivity index (χ3n) is 6.39. The van der Waals surface area contributed by atoms with Gasteiger partial charge in [0, 0.05) is 43.1 Å². The summed E-state index contributed by atoms with van der Waals surface area (Å²) in [5.41, 5.74) is 1.23. The molecule has 2 unspecified atom stereocenters. The van der Waals surface area contributed by atoms with Crippen LogP contribution in [0.3, 0.4) is 0 Å². The smallest absolute Gasteiger partial charge is 0.226 e. The van der Waals surface area contributed by atoms with Crippen molar-refractivity contribution in [3.8, 4) is 0 Å². The highest BCUT2D eigenvalue weighted by Crippen LogP contribution is 2.33. The highest BCUT2D eigenvalue weighted by molar-refractivity contribution is 5.38. The molecule has 3 heterocycles. The van der Waals surface area contributed by atoms with Gasteiger partial charge < -0.3 is 4.90 Å². The van der Waals surface area contributed by atoms with Crippen molar-refractivity contribution in [1.29, 1.82) is 0 Å². The van der Waals surface area contributed by atoms with E-state index in [0.717, 1.165) is 31.4 Å². The van der Waals surface area contributed by atoms with E-state index in [2.05, 4.69) is 48.5 Å². The number of piperazine rings is 1. The average Bonchev–Trinajstić information content (AvgIpc) is 2.90. The van der Waals surface area contributed by atoms with Crippen LogP contribution in [0.4, 0.5) is 5.95 Å². The van der Waals surface area contributed by atoms with E-state index in [1.54, 1.807) is 0 Å². The van der Waals surface area contributed by atoms with Crippen molar-refractivity contribution in [2.45, 2.75) is 104 Å². The van der Waals surface area contributed by atoms with Crippen LogP contribution in [0, 0.1) is 5.92 Å². The lowest BCUT2D eigenvalue weighted by Crippen LogP contribution is -2.56. The summed E-state index contributed by atoms with van der Waals surface area (Å²) in [6, 6.07) is 3.96. The van der Waals surface area contributed by atoms with E-state index in [9.17, 15) is 0 Å². The molecule has 2 bridgehead atoms. The number of hydrogen-bond donors (Lipinski definition) is 0. The van der Waals surface area contributed by atoms with E-state index in [1.165, 1.54) is 57.1 Å². The Hall–Kier alpha value is -1.16. The molecular formula is C23H40N4. The topological polar surface area (TPSA) is 32.3 Å². The molecule has 0 N–H and O–H groups in total. The second kappa shape index (κ2) is 9.86. The molecule has 0 radical (unpaired) electrons. The highest BCUT2D eigenvalue weighted by atomic mass is 15.4. The van der Waals surface area contributed by atoms with Gasteiger partial charge in [0.1, 0.15) is 0 Å². The van der Waals surface area contributed by atoms with Crippen LogP contribution in [-0.2, 0) is 6.42 Å². The Morgan fingerprint density at radius 2 is 1.63 bits per heavy atom. The molecule has 2 aliphatic rings. The minimum absolute atomic E-state index is 0.599. The van der Waals surface area contributed by atoms with Gasteiger partial charge in [-0.1, -0.05) is 46.0 Å². The molecule has 4 nitrogen and oxygen atoms in total. The zero-order valence-electron chi connectivity index (χ0n) is 18.0. The summed E-state index contributed by atoms with van der Waals surface area (Å²) in [5, 5.41) is 0. The summed E-state index contributed by atoms with van der Waals surface area (Å²) < 4.78 is 0. The highest BCUT2D eigenvalue weighted by Gasteiger charge is 2.41. The number of unbranched alkanes of at least 4 members (excludes halogenated alkanes) is 4. The normalized spacial score (nSPS) is 23.0. The van der Waals surface area contributed by atoms with Gasteiger partial charge in [0.05, 0.1) is 0 Å². The summed E-state index contributed by atoms with van der Waals surface area (Å²) in [6.07, 6.45) is 13.8. The first kappa shape index (κ1) is 20.6. The van der Waals surface area contributed by atoms with Gasteiger partial charge in [-0.05, 0) is 51.5 Å². The van der Waals surface area contributed by atoms with Crippen molar-refractivity contribution in [1.82, 2.24) is 14.9 Å². The third-order valence-corrected chi connectivity index (χ3v) is 6.39. The number of aromatic nitrogens is 2. The molecule has 0 aliphatic carbocycles. The van der Waals surface area contributed by atoms with Gasteiger partial charge >= 0.3 is 0 Å². The average molecular weight is 373 g/mol. The molecule has 3 rings (SSSR count). The minimum atomic E-state index is 0.599. The van der Waals surface area contributed by atoms with Crippen LogP contribution in [0.2, 0.25) is 0 Å². The number of nitrogens with zero attached hydrogens (tertiary/aromatic N) is 4. The zero-order valence-corrected chi connectivity index (χ0v) is 18.0. The Kier molecular flexibility index (Phi) is 7.51. The SMILES string of the molecule is CC(C)CCCCCCCc1ccnc(N2C3CCC2CN(C(C)C)C3)n1. The van der Waals surface area contributed by atoms with Crippen molar-refractivity contribution < 1.29 is 0 Å². The number of anilines is 1. The number of likely N-dealkylation sites (tertiary alicyclic amines) is 1. The predicted molar refractivity (Wildman–Crippen MR) is 114 cm³/mol. The van der Waals surface area contributed by atoms with E-state index in [-0.39, 0.29) is 0 Å². The van der Waals surface area contributed by atoms with Crippen molar-refractivity contribution in [3.05, 3.63) is 18.0 Å². The predicted octanol–water partition coefficient (Wildman–Crippen LogP) is 5.08. The maximum atomic E-state index is 4.96. The van der Waals surface area contributed by atoms with E-state index in [1.807, 2.05) is 6.20 Å². The molecule has 2 fully saturated rings. The van der Waals surface area contributed by atoms with Gasteiger partial charge in [-0.3, -0.25) is 4.90 Å². The number of rotatable bonds is 10. The van der Waals surface area contributed by atoms with Crippen LogP contribution in [-0.4, -0.2) is 46.1 Å². The molecular weight excluding hydrogens is 332 g/mol. The van der Waals surface area contributed by atoms with Gasteiger partial charge in [-0.2, -0.15) is 0 Å². The Bertz CT molecular complexity index is 557. The van der Waals surface area contributed by atoms with Crippen LogP contribution < -0.4 is 4.90 Å². The fraction of sp³-hybridized carbons (Fsp3) is 0.826. The summed E-state index contributed by atoms with van der Waals surface area (Å²) in [6.45, 7) is 11.6. The van der Waals surface area contributed by atoms with E-state index in [4.69, 9.17) is 4.98 Å². The van der Waals surface area contributed by atoms with Crippen molar-refractivity contribution >= 4 is 5.95 Å². The molecule has 1 aromatic heterocycles. The van der Waals surface area contributed by atoms with E-state index >= 15 is 0 Å².